The van der Waals surface area contributed by atoms with Gasteiger partial charge in [0.05, 0.1) is 12.6 Å². The highest BCUT2D eigenvalue weighted by atomic mass is 35.5. The Balaban J connectivity index is 1.59. The third-order valence-corrected chi connectivity index (χ3v) is 6.79. The third kappa shape index (κ3) is 4.66. The number of benzene rings is 2. The molecule has 148 valence electrons. The number of aromatic nitrogens is 2. The van der Waals surface area contributed by atoms with Crippen LogP contribution in [-0.2, 0) is 18.7 Å². The SMILES string of the molecule is COc1ccc(CSc2nc3ccsc3c(=O)n2CCc2ccc(Cl)cc2)cc1. The second-order valence-electron chi connectivity index (χ2n) is 6.50. The summed E-state index contributed by atoms with van der Waals surface area (Å²) in [6, 6.07) is 17.6. The summed E-state index contributed by atoms with van der Waals surface area (Å²) in [5, 5.41) is 3.37. The molecule has 4 rings (SSSR count). The van der Waals surface area contributed by atoms with Gasteiger partial charge in [-0.1, -0.05) is 47.6 Å². The van der Waals surface area contributed by atoms with Crippen molar-refractivity contribution in [1.29, 1.82) is 0 Å². The maximum Gasteiger partial charge on any atom is 0.272 e. The van der Waals surface area contributed by atoms with E-state index in [1.54, 1.807) is 23.4 Å². The van der Waals surface area contributed by atoms with Gasteiger partial charge in [-0.2, -0.15) is 0 Å². The van der Waals surface area contributed by atoms with Crippen LogP contribution in [0.5, 0.6) is 5.75 Å². The van der Waals surface area contributed by atoms with Crippen LogP contribution in [0.3, 0.4) is 0 Å². The molecule has 0 saturated carbocycles. The zero-order valence-electron chi connectivity index (χ0n) is 15.8. The van der Waals surface area contributed by atoms with Gasteiger partial charge < -0.3 is 4.74 Å². The molecule has 0 fully saturated rings. The quantitative estimate of drug-likeness (QED) is 0.274. The molecule has 0 amide bonds. The summed E-state index contributed by atoms with van der Waals surface area (Å²) in [5.74, 6) is 1.56. The van der Waals surface area contributed by atoms with Crippen molar-refractivity contribution >= 4 is 44.9 Å². The minimum Gasteiger partial charge on any atom is -0.497 e. The van der Waals surface area contributed by atoms with E-state index >= 15 is 0 Å². The minimum atomic E-state index is 0.0243. The van der Waals surface area contributed by atoms with Gasteiger partial charge in [-0.3, -0.25) is 9.36 Å². The molecule has 2 heterocycles. The van der Waals surface area contributed by atoms with Crippen molar-refractivity contribution < 1.29 is 4.74 Å². The molecule has 29 heavy (non-hydrogen) atoms. The fourth-order valence-corrected chi connectivity index (χ4v) is 4.88. The number of thiophene rings is 1. The highest BCUT2D eigenvalue weighted by molar-refractivity contribution is 7.98. The number of rotatable bonds is 7. The molecule has 4 nitrogen and oxygen atoms in total. The summed E-state index contributed by atoms with van der Waals surface area (Å²) in [6.45, 7) is 0.576. The second-order valence-corrected chi connectivity index (χ2v) is 8.79. The number of ether oxygens (including phenoxy) is 1. The molecule has 0 aliphatic heterocycles. The molecule has 4 aromatic rings. The van der Waals surface area contributed by atoms with Crippen LogP contribution in [0.15, 0.2) is 69.9 Å². The van der Waals surface area contributed by atoms with Gasteiger partial charge in [-0.05, 0) is 53.3 Å². The van der Waals surface area contributed by atoms with Gasteiger partial charge in [0.25, 0.3) is 5.56 Å². The molecular weight excluding hydrogens is 424 g/mol. The summed E-state index contributed by atoms with van der Waals surface area (Å²) < 4.78 is 7.71. The van der Waals surface area contributed by atoms with Crippen molar-refractivity contribution in [3.05, 3.63) is 86.5 Å². The summed E-state index contributed by atoms with van der Waals surface area (Å²) in [7, 11) is 1.66. The van der Waals surface area contributed by atoms with Crippen LogP contribution in [0.25, 0.3) is 10.2 Å². The van der Waals surface area contributed by atoms with Gasteiger partial charge in [0.1, 0.15) is 10.4 Å². The predicted octanol–water partition coefficient (Wildman–Crippen LogP) is 5.66. The fraction of sp³-hybridized carbons (Fsp3) is 0.182. The van der Waals surface area contributed by atoms with Gasteiger partial charge in [-0.15, -0.1) is 11.3 Å². The largest absolute Gasteiger partial charge is 0.497 e. The van der Waals surface area contributed by atoms with Crippen LogP contribution >= 0.6 is 34.7 Å². The molecule has 0 saturated heterocycles. The van der Waals surface area contributed by atoms with Crippen LogP contribution in [-0.4, -0.2) is 16.7 Å². The average Bonchev–Trinajstić information content (AvgIpc) is 3.22. The van der Waals surface area contributed by atoms with Gasteiger partial charge >= 0.3 is 0 Å². The summed E-state index contributed by atoms with van der Waals surface area (Å²) in [4.78, 5) is 17.8. The summed E-state index contributed by atoms with van der Waals surface area (Å²) in [5.41, 5.74) is 3.08. The van der Waals surface area contributed by atoms with Crippen molar-refractivity contribution in [2.24, 2.45) is 0 Å². The number of hydrogen-bond donors (Lipinski definition) is 0. The Labute approximate surface area is 182 Å². The van der Waals surface area contributed by atoms with Crippen LogP contribution < -0.4 is 10.3 Å². The van der Waals surface area contributed by atoms with Gasteiger partial charge in [-0.25, -0.2) is 4.98 Å². The maximum absolute atomic E-state index is 13.1. The van der Waals surface area contributed by atoms with Crippen molar-refractivity contribution in [2.75, 3.05) is 7.11 Å². The minimum absolute atomic E-state index is 0.0243. The first kappa shape index (κ1) is 20.0. The van der Waals surface area contributed by atoms with Crippen LogP contribution in [0.4, 0.5) is 0 Å². The van der Waals surface area contributed by atoms with E-state index in [9.17, 15) is 4.79 Å². The van der Waals surface area contributed by atoms with Crippen LogP contribution in [0.1, 0.15) is 11.1 Å². The molecular formula is C22H19ClN2O2S2. The van der Waals surface area contributed by atoms with Crippen molar-refractivity contribution in [3.8, 4) is 5.75 Å². The Morgan fingerprint density at radius 3 is 2.52 bits per heavy atom. The average molecular weight is 443 g/mol. The highest BCUT2D eigenvalue weighted by Gasteiger charge is 2.13. The number of hydrogen-bond acceptors (Lipinski definition) is 5. The van der Waals surface area contributed by atoms with E-state index in [1.807, 2.05) is 60.0 Å². The first-order valence-electron chi connectivity index (χ1n) is 9.12. The lowest BCUT2D eigenvalue weighted by Gasteiger charge is -2.12. The van der Waals surface area contributed by atoms with Crippen LogP contribution in [0, 0.1) is 0 Å². The number of halogens is 1. The van der Waals surface area contributed by atoms with Gasteiger partial charge in [0, 0.05) is 17.3 Å². The molecule has 0 aliphatic carbocycles. The Bertz CT molecular complexity index is 1170. The molecule has 0 N–H and O–H groups in total. The standard InChI is InChI=1S/C22H19ClN2O2S2/c1-27-18-8-4-16(5-9-18)14-29-22-24-19-11-13-28-20(19)21(26)25(22)12-10-15-2-6-17(23)7-3-15/h2-9,11,13H,10,12,14H2,1H3. The Hall–Kier alpha value is -2.28. The highest BCUT2D eigenvalue weighted by Crippen LogP contribution is 2.25. The van der Waals surface area contributed by atoms with E-state index < -0.39 is 0 Å². The van der Waals surface area contributed by atoms with E-state index in [-0.39, 0.29) is 5.56 Å². The molecule has 2 aromatic heterocycles. The van der Waals surface area contributed by atoms with Crippen molar-refractivity contribution in [3.63, 3.8) is 0 Å². The first-order valence-corrected chi connectivity index (χ1v) is 11.4. The van der Waals surface area contributed by atoms with E-state index in [4.69, 9.17) is 21.3 Å². The number of thioether (sulfide) groups is 1. The van der Waals surface area contributed by atoms with Gasteiger partial charge in [0.15, 0.2) is 5.16 Å². The van der Waals surface area contributed by atoms with Crippen molar-refractivity contribution in [2.45, 2.75) is 23.9 Å². The second kappa shape index (κ2) is 9.03. The predicted molar refractivity (Wildman–Crippen MR) is 122 cm³/mol. The molecule has 0 spiro atoms. The lowest BCUT2D eigenvalue weighted by atomic mass is 10.1. The normalized spacial score (nSPS) is 11.1. The lowest BCUT2D eigenvalue weighted by molar-refractivity contribution is 0.414. The number of methoxy groups -OCH3 is 1. The molecule has 0 aliphatic rings. The monoisotopic (exact) mass is 442 g/mol. The van der Waals surface area contributed by atoms with E-state index in [0.29, 0.717) is 16.3 Å². The third-order valence-electron chi connectivity index (χ3n) is 4.60. The van der Waals surface area contributed by atoms with Gasteiger partial charge in [0.2, 0.25) is 0 Å². The maximum atomic E-state index is 13.1. The number of fused-ring (bicyclic) bond motifs is 1. The molecule has 0 unspecified atom stereocenters. The Morgan fingerprint density at radius 1 is 1.07 bits per heavy atom. The lowest BCUT2D eigenvalue weighted by Crippen LogP contribution is -2.23. The number of nitrogens with zero attached hydrogens (tertiary/aromatic N) is 2. The molecule has 0 bridgehead atoms. The van der Waals surface area contributed by atoms with Crippen LogP contribution in [0.2, 0.25) is 5.02 Å². The smallest absolute Gasteiger partial charge is 0.272 e. The summed E-state index contributed by atoms with van der Waals surface area (Å²) in [6.07, 6.45) is 0.742. The van der Waals surface area contributed by atoms with E-state index in [2.05, 4.69) is 0 Å². The van der Waals surface area contributed by atoms with E-state index in [1.165, 1.54) is 11.3 Å². The Morgan fingerprint density at radius 2 is 1.79 bits per heavy atom. The molecule has 7 heteroatoms. The molecule has 0 atom stereocenters. The molecule has 2 aromatic carbocycles. The molecule has 0 radical (unpaired) electrons. The fourth-order valence-electron chi connectivity index (χ4n) is 2.99. The Kier molecular flexibility index (Phi) is 6.23. The zero-order chi connectivity index (χ0) is 20.2. The van der Waals surface area contributed by atoms with E-state index in [0.717, 1.165) is 39.7 Å². The summed E-state index contributed by atoms with van der Waals surface area (Å²) >= 11 is 9.00. The zero-order valence-corrected chi connectivity index (χ0v) is 18.2. The van der Waals surface area contributed by atoms with Crippen molar-refractivity contribution in [1.82, 2.24) is 9.55 Å². The topological polar surface area (TPSA) is 44.1 Å². The first-order chi connectivity index (χ1) is 14.1. The number of aryl methyl sites for hydroxylation is 1.